The van der Waals surface area contributed by atoms with Gasteiger partial charge in [0.25, 0.3) is 0 Å². The molecule has 0 bridgehead atoms. The number of hydrogen-bond donors (Lipinski definition) is 1. The molecular weight excluding hydrogens is 182 g/mol. The van der Waals surface area contributed by atoms with Crippen LogP contribution in [0.15, 0.2) is 16.7 Å². The summed E-state index contributed by atoms with van der Waals surface area (Å²) in [5.74, 6) is 0.664. The summed E-state index contributed by atoms with van der Waals surface area (Å²) in [6, 6.07) is 1.47. The van der Waals surface area contributed by atoms with E-state index in [0.29, 0.717) is 6.61 Å². The fraction of sp³-hybridized carbons (Fsp3) is 0.500. The normalized spacial score (nSPS) is 20.2. The topological polar surface area (TPSA) is 51.5 Å². The van der Waals surface area contributed by atoms with Gasteiger partial charge in [0.15, 0.2) is 0 Å². The van der Waals surface area contributed by atoms with Crippen molar-refractivity contribution in [2.24, 2.45) is 0 Å². The quantitative estimate of drug-likeness (QED) is 0.716. The first-order valence-corrected chi connectivity index (χ1v) is 4.79. The van der Waals surface area contributed by atoms with E-state index in [4.69, 9.17) is 9.15 Å². The molecule has 76 valence electrons. The maximum absolute atomic E-state index is 11.5. The molecule has 1 aromatic rings. The lowest BCUT2D eigenvalue weighted by molar-refractivity contribution is -0.146. The third-order valence-electron chi connectivity index (χ3n) is 2.31. The molecule has 2 heterocycles. The fourth-order valence-corrected chi connectivity index (χ4v) is 1.69. The zero-order valence-electron chi connectivity index (χ0n) is 8.08. The highest BCUT2D eigenvalue weighted by Gasteiger charge is 2.28. The Labute approximate surface area is 82.2 Å². The van der Waals surface area contributed by atoms with E-state index in [1.54, 1.807) is 13.2 Å². The molecule has 0 amide bonds. The van der Waals surface area contributed by atoms with Crippen LogP contribution in [-0.2, 0) is 16.0 Å². The van der Waals surface area contributed by atoms with Crippen molar-refractivity contribution >= 4 is 5.97 Å². The molecule has 4 heteroatoms. The first-order chi connectivity index (χ1) is 6.83. The van der Waals surface area contributed by atoms with Gasteiger partial charge >= 0.3 is 5.97 Å². The summed E-state index contributed by atoms with van der Waals surface area (Å²) in [6.45, 7) is 2.96. The minimum atomic E-state index is -0.350. The van der Waals surface area contributed by atoms with Gasteiger partial charge < -0.3 is 14.5 Å². The van der Waals surface area contributed by atoms with Crippen LogP contribution in [0.2, 0.25) is 0 Å². The number of fused-ring (bicyclic) bond motifs is 1. The SMILES string of the molecule is CCOC(=O)[C@H]1NCCc2occc21. The lowest BCUT2D eigenvalue weighted by Gasteiger charge is -2.21. The number of carbonyl (C=O) groups is 1. The second-order valence-corrected chi connectivity index (χ2v) is 3.19. The predicted molar refractivity (Wildman–Crippen MR) is 49.8 cm³/mol. The van der Waals surface area contributed by atoms with Crippen molar-refractivity contribution in [3.05, 3.63) is 23.7 Å². The van der Waals surface area contributed by atoms with Gasteiger partial charge in [-0.2, -0.15) is 0 Å². The van der Waals surface area contributed by atoms with Crippen molar-refractivity contribution in [2.75, 3.05) is 13.2 Å². The Kier molecular flexibility index (Phi) is 2.54. The van der Waals surface area contributed by atoms with E-state index in [1.165, 1.54) is 0 Å². The van der Waals surface area contributed by atoms with Gasteiger partial charge in [0, 0.05) is 18.5 Å². The molecule has 1 aliphatic heterocycles. The Morgan fingerprint density at radius 2 is 2.64 bits per heavy atom. The number of rotatable bonds is 2. The summed E-state index contributed by atoms with van der Waals surface area (Å²) in [5.41, 5.74) is 0.912. The highest BCUT2D eigenvalue weighted by Crippen LogP contribution is 2.24. The highest BCUT2D eigenvalue weighted by atomic mass is 16.5. The third kappa shape index (κ3) is 1.53. The van der Waals surface area contributed by atoms with Crippen molar-refractivity contribution in [2.45, 2.75) is 19.4 Å². The summed E-state index contributed by atoms with van der Waals surface area (Å²) in [7, 11) is 0. The number of hydrogen-bond acceptors (Lipinski definition) is 4. The molecule has 1 aliphatic rings. The number of furan rings is 1. The average molecular weight is 195 g/mol. The summed E-state index contributed by atoms with van der Waals surface area (Å²) < 4.78 is 10.2. The minimum Gasteiger partial charge on any atom is -0.469 e. The Balaban J connectivity index is 2.19. The molecule has 0 fully saturated rings. The smallest absolute Gasteiger partial charge is 0.327 e. The Hall–Kier alpha value is -1.29. The second kappa shape index (κ2) is 3.84. The number of carbonyl (C=O) groups excluding carboxylic acids is 1. The van der Waals surface area contributed by atoms with Crippen LogP contribution in [0.4, 0.5) is 0 Å². The number of nitrogens with one attached hydrogen (secondary N) is 1. The standard InChI is InChI=1S/C10H13NO3/c1-2-13-10(12)9-7-4-6-14-8(7)3-5-11-9/h4,6,9,11H,2-3,5H2,1H3/t9-/m0/s1. The molecule has 1 N–H and O–H groups in total. The van der Waals surface area contributed by atoms with E-state index in [9.17, 15) is 4.79 Å². The van der Waals surface area contributed by atoms with Crippen LogP contribution in [0.3, 0.4) is 0 Å². The molecule has 0 saturated heterocycles. The molecule has 0 spiro atoms. The van der Waals surface area contributed by atoms with E-state index in [-0.39, 0.29) is 12.0 Å². The molecule has 0 unspecified atom stereocenters. The van der Waals surface area contributed by atoms with E-state index in [1.807, 2.05) is 6.07 Å². The van der Waals surface area contributed by atoms with E-state index in [0.717, 1.165) is 24.3 Å². The van der Waals surface area contributed by atoms with Gasteiger partial charge in [-0.15, -0.1) is 0 Å². The monoisotopic (exact) mass is 195 g/mol. The van der Waals surface area contributed by atoms with E-state index in [2.05, 4.69) is 5.32 Å². The predicted octanol–water partition coefficient (Wildman–Crippen LogP) is 1.03. The molecule has 0 aliphatic carbocycles. The molecule has 2 rings (SSSR count). The Morgan fingerprint density at radius 1 is 1.79 bits per heavy atom. The van der Waals surface area contributed by atoms with Crippen molar-refractivity contribution in [3.63, 3.8) is 0 Å². The van der Waals surface area contributed by atoms with Gasteiger partial charge in [0.2, 0.25) is 0 Å². The Morgan fingerprint density at radius 3 is 3.43 bits per heavy atom. The molecule has 0 saturated carbocycles. The van der Waals surface area contributed by atoms with Crippen molar-refractivity contribution in [3.8, 4) is 0 Å². The first kappa shape index (κ1) is 9.27. The minimum absolute atomic E-state index is 0.227. The van der Waals surface area contributed by atoms with Gasteiger partial charge in [-0.25, -0.2) is 4.79 Å². The van der Waals surface area contributed by atoms with Crippen LogP contribution in [0, 0.1) is 0 Å². The van der Waals surface area contributed by atoms with Gasteiger partial charge in [-0.1, -0.05) is 0 Å². The van der Waals surface area contributed by atoms with Crippen LogP contribution >= 0.6 is 0 Å². The molecule has 0 radical (unpaired) electrons. The summed E-state index contributed by atoms with van der Waals surface area (Å²) in [5, 5.41) is 3.11. The molecule has 1 atom stereocenters. The van der Waals surface area contributed by atoms with Crippen LogP contribution in [0.1, 0.15) is 24.3 Å². The first-order valence-electron chi connectivity index (χ1n) is 4.79. The lowest BCUT2D eigenvalue weighted by atomic mass is 10.0. The maximum Gasteiger partial charge on any atom is 0.327 e. The van der Waals surface area contributed by atoms with Crippen LogP contribution in [0.25, 0.3) is 0 Å². The van der Waals surface area contributed by atoms with Crippen LogP contribution in [0.5, 0.6) is 0 Å². The van der Waals surface area contributed by atoms with Crippen molar-refractivity contribution < 1.29 is 13.9 Å². The summed E-state index contributed by atoms with van der Waals surface area (Å²) in [6.07, 6.45) is 2.45. The summed E-state index contributed by atoms with van der Waals surface area (Å²) >= 11 is 0. The van der Waals surface area contributed by atoms with E-state index < -0.39 is 0 Å². The Bertz CT molecular complexity index is 332. The van der Waals surface area contributed by atoms with Gasteiger partial charge in [0.1, 0.15) is 11.8 Å². The van der Waals surface area contributed by atoms with Gasteiger partial charge in [0.05, 0.1) is 12.9 Å². The third-order valence-corrected chi connectivity index (χ3v) is 2.31. The van der Waals surface area contributed by atoms with Gasteiger partial charge in [-0.3, -0.25) is 0 Å². The van der Waals surface area contributed by atoms with Gasteiger partial charge in [-0.05, 0) is 13.0 Å². The number of ether oxygens (including phenoxy) is 1. The molecule has 1 aromatic heterocycles. The zero-order valence-corrected chi connectivity index (χ0v) is 8.08. The summed E-state index contributed by atoms with van der Waals surface area (Å²) in [4.78, 5) is 11.5. The molecule has 4 nitrogen and oxygen atoms in total. The zero-order chi connectivity index (χ0) is 9.97. The molecule has 14 heavy (non-hydrogen) atoms. The fourth-order valence-electron chi connectivity index (χ4n) is 1.69. The second-order valence-electron chi connectivity index (χ2n) is 3.19. The highest BCUT2D eigenvalue weighted by molar-refractivity contribution is 5.78. The van der Waals surface area contributed by atoms with Crippen LogP contribution < -0.4 is 5.32 Å². The maximum atomic E-state index is 11.5. The van der Waals surface area contributed by atoms with E-state index >= 15 is 0 Å². The van der Waals surface area contributed by atoms with Crippen molar-refractivity contribution in [1.29, 1.82) is 0 Å². The average Bonchev–Trinajstić information content (AvgIpc) is 2.65. The van der Waals surface area contributed by atoms with Crippen molar-refractivity contribution in [1.82, 2.24) is 5.32 Å². The molecular formula is C10H13NO3. The number of esters is 1. The molecule has 0 aromatic carbocycles. The largest absolute Gasteiger partial charge is 0.469 e. The van der Waals surface area contributed by atoms with Crippen LogP contribution in [-0.4, -0.2) is 19.1 Å². The lowest BCUT2D eigenvalue weighted by Crippen LogP contribution is -2.35.